The van der Waals surface area contributed by atoms with Crippen LogP contribution in [-0.2, 0) is 28.8 Å². The van der Waals surface area contributed by atoms with Crippen LogP contribution in [0.4, 0.5) is 26.3 Å². The number of aryl methyl sites for hydroxylation is 1. The van der Waals surface area contributed by atoms with Crippen molar-refractivity contribution in [3.8, 4) is 0 Å². The lowest BCUT2D eigenvalue weighted by atomic mass is 10.1. The maximum atomic E-state index is 13.0. The molecular formula is C19H16F6N2O2S. The van der Waals surface area contributed by atoms with Gasteiger partial charge in [-0.05, 0) is 49.2 Å². The Bertz CT molecular complexity index is 1150. The van der Waals surface area contributed by atoms with Gasteiger partial charge in [0.05, 0.1) is 16.0 Å². The molecular weight excluding hydrogens is 434 g/mol. The largest absolute Gasteiger partial charge is 0.416 e. The topological polar surface area (TPSA) is 62.0 Å². The molecule has 30 heavy (non-hydrogen) atoms. The molecule has 2 N–H and O–H groups in total. The lowest BCUT2D eigenvalue weighted by molar-refractivity contribution is -0.143. The van der Waals surface area contributed by atoms with Crippen LogP contribution in [0.1, 0.15) is 22.3 Å². The van der Waals surface area contributed by atoms with E-state index in [1.807, 2.05) is 25.1 Å². The predicted octanol–water partition coefficient (Wildman–Crippen LogP) is 5.03. The molecule has 0 fully saturated rings. The summed E-state index contributed by atoms with van der Waals surface area (Å²) >= 11 is 0. The highest BCUT2D eigenvalue weighted by Crippen LogP contribution is 2.37. The van der Waals surface area contributed by atoms with Crippen LogP contribution in [-0.4, -0.2) is 19.9 Å². The van der Waals surface area contributed by atoms with Crippen LogP contribution in [0, 0.1) is 6.92 Å². The van der Waals surface area contributed by atoms with Gasteiger partial charge in [0.25, 0.3) is 0 Å². The number of aromatic amines is 1. The summed E-state index contributed by atoms with van der Waals surface area (Å²) in [6.07, 6.45) is -8.40. The van der Waals surface area contributed by atoms with E-state index < -0.39 is 38.4 Å². The van der Waals surface area contributed by atoms with Crippen molar-refractivity contribution in [3.05, 3.63) is 64.8 Å². The minimum atomic E-state index is -5.13. The van der Waals surface area contributed by atoms with Gasteiger partial charge >= 0.3 is 12.4 Å². The van der Waals surface area contributed by atoms with Gasteiger partial charge in [-0.1, -0.05) is 11.6 Å². The summed E-state index contributed by atoms with van der Waals surface area (Å²) in [4.78, 5) is 1.92. The van der Waals surface area contributed by atoms with E-state index in [0.29, 0.717) is 0 Å². The SMILES string of the molecule is Cc1ccc2[nH]cc(CCNS(=O)(=O)c3cc(C(F)(F)F)cc(C(F)(F)F)c3)c2c1. The van der Waals surface area contributed by atoms with E-state index in [4.69, 9.17) is 0 Å². The third-order valence-electron chi connectivity index (χ3n) is 4.48. The molecule has 3 aromatic rings. The highest BCUT2D eigenvalue weighted by Gasteiger charge is 2.38. The normalized spacial score (nSPS) is 13.2. The first-order chi connectivity index (χ1) is 13.8. The third-order valence-corrected chi connectivity index (χ3v) is 5.92. The Morgan fingerprint density at radius 2 is 1.53 bits per heavy atom. The molecule has 162 valence electrons. The molecule has 0 atom stereocenters. The summed E-state index contributed by atoms with van der Waals surface area (Å²) < 4.78 is 105. The third kappa shape index (κ3) is 4.78. The van der Waals surface area contributed by atoms with Crippen molar-refractivity contribution < 1.29 is 34.8 Å². The number of hydrogen-bond donors (Lipinski definition) is 2. The Morgan fingerprint density at radius 1 is 0.933 bits per heavy atom. The van der Waals surface area contributed by atoms with Crippen LogP contribution in [0.2, 0.25) is 0 Å². The summed E-state index contributed by atoms with van der Waals surface area (Å²) in [5.41, 5.74) is -0.815. The van der Waals surface area contributed by atoms with E-state index in [9.17, 15) is 34.8 Å². The number of nitrogens with one attached hydrogen (secondary N) is 2. The second-order valence-electron chi connectivity index (χ2n) is 6.75. The summed E-state index contributed by atoms with van der Waals surface area (Å²) in [5.74, 6) is 0. The Hall–Kier alpha value is -2.53. The average Bonchev–Trinajstić information content (AvgIpc) is 3.02. The van der Waals surface area contributed by atoms with Gasteiger partial charge in [-0.2, -0.15) is 26.3 Å². The first kappa shape index (κ1) is 22.2. The number of halogens is 6. The van der Waals surface area contributed by atoms with E-state index in [1.54, 1.807) is 6.20 Å². The van der Waals surface area contributed by atoms with Crippen molar-refractivity contribution in [2.24, 2.45) is 0 Å². The van der Waals surface area contributed by atoms with Gasteiger partial charge < -0.3 is 4.98 Å². The zero-order chi connectivity index (χ0) is 22.3. The van der Waals surface area contributed by atoms with Gasteiger partial charge in [-0.3, -0.25) is 0 Å². The Kier molecular flexibility index (Phi) is 5.63. The number of sulfonamides is 1. The van der Waals surface area contributed by atoms with Crippen LogP contribution >= 0.6 is 0 Å². The first-order valence-corrected chi connectivity index (χ1v) is 10.1. The lowest BCUT2D eigenvalue weighted by Crippen LogP contribution is -2.27. The summed E-state index contributed by atoms with van der Waals surface area (Å²) in [5, 5.41) is 0.854. The average molecular weight is 450 g/mol. The quantitative estimate of drug-likeness (QED) is 0.536. The van der Waals surface area contributed by atoms with E-state index in [0.717, 1.165) is 22.0 Å². The molecule has 0 aliphatic carbocycles. The fraction of sp³-hybridized carbons (Fsp3) is 0.263. The Balaban J connectivity index is 1.85. The molecule has 0 saturated heterocycles. The molecule has 4 nitrogen and oxygen atoms in total. The van der Waals surface area contributed by atoms with Gasteiger partial charge in [-0.15, -0.1) is 0 Å². The molecule has 0 aliphatic heterocycles. The van der Waals surface area contributed by atoms with Crippen molar-refractivity contribution in [2.75, 3.05) is 6.54 Å². The molecule has 0 saturated carbocycles. The van der Waals surface area contributed by atoms with Crippen molar-refractivity contribution in [1.29, 1.82) is 0 Å². The molecule has 0 unspecified atom stereocenters. The number of benzene rings is 2. The van der Waals surface area contributed by atoms with Crippen molar-refractivity contribution in [1.82, 2.24) is 9.71 Å². The number of alkyl halides is 6. The van der Waals surface area contributed by atoms with Crippen LogP contribution in [0.5, 0.6) is 0 Å². The smallest absolute Gasteiger partial charge is 0.361 e. The summed E-state index contributed by atoms with van der Waals surface area (Å²) in [7, 11) is -4.60. The number of fused-ring (bicyclic) bond motifs is 1. The van der Waals surface area contributed by atoms with E-state index in [-0.39, 0.29) is 31.2 Å². The van der Waals surface area contributed by atoms with Crippen molar-refractivity contribution >= 4 is 20.9 Å². The zero-order valence-corrected chi connectivity index (χ0v) is 16.3. The molecule has 0 bridgehead atoms. The summed E-state index contributed by atoms with van der Waals surface area (Å²) in [6, 6.07) is 5.88. The summed E-state index contributed by atoms with van der Waals surface area (Å²) in [6.45, 7) is 1.67. The minimum Gasteiger partial charge on any atom is -0.361 e. The molecule has 2 aromatic carbocycles. The highest BCUT2D eigenvalue weighted by atomic mass is 32.2. The van der Waals surface area contributed by atoms with Crippen LogP contribution in [0.3, 0.4) is 0 Å². The number of H-pyrrole nitrogens is 1. The van der Waals surface area contributed by atoms with Gasteiger partial charge in [-0.25, -0.2) is 13.1 Å². The lowest BCUT2D eigenvalue weighted by Gasteiger charge is -2.14. The number of rotatable bonds is 5. The predicted molar refractivity (Wildman–Crippen MR) is 98.4 cm³/mol. The molecule has 1 heterocycles. The molecule has 0 spiro atoms. The highest BCUT2D eigenvalue weighted by molar-refractivity contribution is 7.89. The Morgan fingerprint density at radius 3 is 2.10 bits per heavy atom. The molecule has 0 amide bonds. The first-order valence-electron chi connectivity index (χ1n) is 8.63. The van der Waals surface area contributed by atoms with Crippen molar-refractivity contribution in [2.45, 2.75) is 30.6 Å². The fourth-order valence-corrected chi connectivity index (χ4v) is 4.09. The number of aromatic nitrogens is 1. The Labute approximate surface area is 168 Å². The maximum Gasteiger partial charge on any atom is 0.416 e. The zero-order valence-electron chi connectivity index (χ0n) is 15.4. The van der Waals surface area contributed by atoms with Crippen LogP contribution in [0.15, 0.2) is 47.5 Å². The van der Waals surface area contributed by atoms with Gasteiger partial charge in [0.1, 0.15) is 0 Å². The standard InChI is InChI=1S/C19H16F6N2O2S/c1-11-2-3-17-16(6-11)12(10-26-17)4-5-27-30(28,29)15-8-13(18(20,21)22)7-14(9-15)19(23,24)25/h2-3,6-10,26-27H,4-5H2,1H3. The van der Waals surface area contributed by atoms with Gasteiger partial charge in [0.15, 0.2) is 0 Å². The second kappa shape index (κ2) is 7.62. The molecule has 0 radical (unpaired) electrons. The van der Waals surface area contributed by atoms with Gasteiger partial charge in [0.2, 0.25) is 10.0 Å². The number of hydrogen-bond acceptors (Lipinski definition) is 2. The maximum absolute atomic E-state index is 13.0. The molecule has 11 heteroatoms. The molecule has 0 aliphatic rings. The monoisotopic (exact) mass is 450 g/mol. The molecule has 1 aromatic heterocycles. The minimum absolute atomic E-state index is 0.118. The van der Waals surface area contributed by atoms with E-state index >= 15 is 0 Å². The van der Waals surface area contributed by atoms with Crippen LogP contribution < -0.4 is 4.72 Å². The fourth-order valence-electron chi connectivity index (χ4n) is 2.98. The van der Waals surface area contributed by atoms with Gasteiger partial charge in [0, 0.05) is 23.6 Å². The second-order valence-corrected chi connectivity index (χ2v) is 8.52. The van der Waals surface area contributed by atoms with E-state index in [2.05, 4.69) is 9.71 Å². The van der Waals surface area contributed by atoms with Crippen molar-refractivity contribution in [3.63, 3.8) is 0 Å². The van der Waals surface area contributed by atoms with Crippen LogP contribution in [0.25, 0.3) is 10.9 Å². The van der Waals surface area contributed by atoms with E-state index in [1.165, 1.54) is 0 Å². The molecule has 3 rings (SSSR count).